The zero-order valence-corrected chi connectivity index (χ0v) is 12.8. The summed E-state index contributed by atoms with van der Waals surface area (Å²) in [6.45, 7) is 6.20. The van der Waals surface area contributed by atoms with Gasteiger partial charge in [0.2, 0.25) is 0 Å². The summed E-state index contributed by atoms with van der Waals surface area (Å²) in [4.78, 5) is 0. The topological polar surface area (TPSA) is 17.1 Å². The highest BCUT2D eigenvalue weighted by atomic mass is 31.2. The molecule has 0 N–H and O–H groups in total. The zero-order valence-electron chi connectivity index (χ0n) is 11.9. The Kier molecular flexibility index (Phi) is 4.27. The van der Waals surface area contributed by atoms with Crippen LogP contribution in [0.15, 0.2) is 48.5 Å². The highest BCUT2D eigenvalue weighted by molar-refractivity contribution is 7.78. The summed E-state index contributed by atoms with van der Waals surface area (Å²) in [7, 11) is -2.48. The maximum atomic E-state index is 13.5. The Bertz CT molecular complexity index is 567. The van der Waals surface area contributed by atoms with Crippen molar-refractivity contribution in [2.45, 2.75) is 27.2 Å². The molecule has 0 saturated carbocycles. The average molecular weight is 272 g/mol. The van der Waals surface area contributed by atoms with Gasteiger partial charge in [0, 0.05) is 16.8 Å². The van der Waals surface area contributed by atoms with Gasteiger partial charge in [-0.1, -0.05) is 54.4 Å². The van der Waals surface area contributed by atoms with Gasteiger partial charge in [-0.15, -0.1) is 0 Å². The van der Waals surface area contributed by atoms with Gasteiger partial charge in [0.05, 0.1) is 0 Å². The molecule has 0 aliphatic carbocycles. The van der Waals surface area contributed by atoms with Crippen LogP contribution >= 0.6 is 7.14 Å². The van der Waals surface area contributed by atoms with Crippen molar-refractivity contribution in [1.29, 1.82) is 0 Å². The van der Waals surface area contributed by atoms with Gasteiger partial charge in [0.1, 0.15) is 7.14 Å². The van der Waals surface area contributed by atoms with Crippen molar-refractivity contribution >= 4 is 17.8 Å². The second-order valence-corrected chi connectivity index (χ2v) is 8.10. The first-order valence-corrected chi connectivity index (χ1v) is 8.69. The molecule has 2 heteroatoms. The molecule has 0 fully saturated rings. The van der Waals surface area contributed by atoms with Gasteiger partial charge in [0.25, 0.3) is 0 Å². The van der Waals surface area contributed by atoms with Crippen LogP contribution in [0.1, 0.15) is 24.5 Å². The molecule has 2 rings (SSSR count). The number of benzene rings is 2. The highest BCUT2D eigenvalue weighted by Crippen LogP contribution is 2.44. The van der Waals surface area contributed by atoms with E-state index in [0.717, 1.165) is 23.2 Å². The van der Waals surface area contributed by atoms with E-state index in [1.54, 1.807) is 0 Å². The lowest BCUT2D eigenvalue weighted by Crippen LogP contribution is -2.19. The molecule has 0 aliphatic rings. The predicted molar refractivity (Wildman–Crippen MR) is 84.4 cm³/mol. The lowest BCUT2D eigenvalue weighted by atomic mass is 10.2. The fourth-order valence-corrected chi connectivity index (χ4v) is 5.35. The van der Waals surface area contributed by atoms with Crippen molar-refractivity contribution < 1.29 is 4.57 Å². The summed E-state index contributed by atoms with van der Waals surface area (Å²) in [5, 5.41) is 1.97. The van der Waals surface area contributed by atoms with Crippen molar-refractivity contribution in [3.05, 3.63) is 59.7 Å². The van der Waals surface area contributed by atoms with Gasteiger partial charge in [-0.25, -0.2) is 0 Å². The second-order valence-electron chi connectivity index (χ2n) is 5.14. The quantitative estimate of drug-likeness (QED) is 0.768. The van der Waals surface area contributed by atoms with Crippen LogP contribution in [-0.4, -0.2) is 6.16 Å². The van der Waals surface area contributed by atoms with E-state index in [1.807, 2.05) is 24.3 Å². The van der Waals surface area contributed by atoms with E-state index in [9.17, 15) is 4.57 Å². The van der Waals surface area contributed by atoms with Crippen LogP contribution in [-0.2, 0) is 4.57 Å². The minimum absolute atomic E-state index is 0.736. The molecule has 0 heterocycles. The normalized spacial score (nSPS) is 11.5. The van der Waals surface area contributed by atoms with Crippen molar-refractivity contribution in [1.82, 2.24) is 0 Å². The van der Waals surface area contributed by atoms with Crippen LogP contribution in [0.4, 0.5) is 0 Å². The third-order valence-electron chi connectivity index (χ3n) is 3.38. The van der Waals surface area contributed by atoms with Gasteiger partial charge >= 0.3 is 0 Å². The fraction of sp³-hybridized carbons (Fsp3) is 0.294. The van der Waals surface area contributed by atoms with Gasteiger partial charge in [0.15, 0.2) is 0 Å². The lowest BCUT2D eigenvalue weighted by molar-refractivity contribution is 0.586. The first kappa shape index (κ1) is 14.1. The molecular formula is C17H21OP. The summed E-state index contributed by atoms with van der Waals surface area (Å²) >= 11 is 0. The third-order valence-corrected chi connectivity index (χ3v) is 6.68. The Morgan fingerprint density at radius 2 is 1.37 bits per heavy atom. The summed E-state index contributed by atoms with van der Waals surface area (Å²) < 4.78 is 13.5. The van der Waals surface area contributed by atoms with Crippen molar-refractivity contribution in [3.8, 4) is 0 Å². The van der Waals surface area contributed by atoms with E-state index in [4.69, 9.17) is 0 Å². The van der Waals surface area contributed by atoms with Gasteiger partial charge in [-0.3, -0.25) is 0 Å². The molecule has 100 valence electrons. The Hall–Kier alpha value is -1.33. The van der Waals surface area contributed by atoms with E-state index in [1.165, 1.54) is 11.1 Å². The van der Waals surface area contributed by atoms with E-state index >= 15 is 0 Å². The molecule has 0 amide bonds. The van der Waals surface area contributed by atoms with E-state index in [2.05, 4.69) is 45.0 Å². The molecule has 0 aliphatic heterocycles. The maximum absolute atomic E-state index is 13.5. The number of rotatable bonds is 4. The van der Waals surface area contributed by atoms with Crippen molar-refractivity contribution in [2.75, 3.05) is 6.16 Å². The molecule has 0 radical (unpaired) electrons. The van der Waals surface area contributed by atoms with Gasteiger partial charge in [-0.05, 0) is 32.4 Å². The van der Waals surface area contributed by atoms with Crippen LogP contribution < -0.4 is 10.6 Å². The molecule has 0 spiro atoms. The monoisotopic (exact) mass is 272 g/mol. The molecule has 0 aromatic heterocycles. The molecule has 19 heavy (non-hydrogen) atoms. The standard InChI is InChI=1S/C17H21OP/c1-4-11-19(18,16-9-5-7-14(2)12-16)17-10-6-8-15(3)13-17/h5-10,12-13H,4,11H2,1-3H3. The minimum Gasteiger partial charge on any atom is -0.314 e. The van der Waals surface area contributed by atoms with Crippen LogP contribution in [0, 0.1) is 13.8 Å². The Balaban J connectivity index is 2.58. The molecular weight excluding hydrogens is 251 g/mol. The van der Waals surface area contributed by atoms with Crippen molar-refractivity contribution in [3.63, 3.8) is 0 Å². The highest BCUT2D eigenvalue weighted by Gasteiger charge is 2.26. The van der Waals surface area contributed by atoms with Crippen molar-refractivity contribution in [2.24, 2.45) is 0 Å². The smallest absolute Gasteiger partial charge is 0.143 e. The number of hydrogen-bond donors (Lipinski definition) is 0. The third kappa shape index (κ3) is 2.98. The molecule has 0 bridgehead atoms. The molecule has 0 atom stereocenters. The fourth-order valence-electron chi connectivity index (χ4n) is 2.43. The van der Waals surface area contributed by atoms with E-state index in [0.29, 0.717) is 0 Å². The van der Waals surface area contributed by atoms with E-state index < -0.39 is 7.14 Å². The summed E-state index contributed by atoms with van der Waals surface area (Å²) in [6, 6.07) is 16.3. The molecule has 0 unspecified atom stereocenters. The molecule has 2 aromatic carbocycles. The molecule has 0 saturated heterocycles. The first-order valence-electron chi connectivity index (χ1n) is 6.80. The number of hydrogen-bond acceptors (Lipinski definition) is 1. The average Bonchev–Trinajstić information content (AvgIpc) is 2.39. The summed E-state index contributed by atoms with van der Waals surface area (Å²) in [5.41, 5.74) is 2.34. The zero-order chi connectivity index (χ0) is 13.9. The Labute approximate surface area is 116 Å². The first-order chi connectivity index (χ1) is 9.06. The minimum atomic E-state index is -2.48. The number of aryl methyl sites for hydroxylation is 2. The van der Waals surface area contributed by atoms with Crippen LogP contribution in [0.5, 0.6) is 0 Å². The summed E-state index contributed by atoms with van der Waals surface area (Å²) in [6.07, 6.45) is 1.67. The van der Waals surface area contributed by atoms with Crippen LogP contribution in [0.3, 0.4) is 0 Å². The van der Waals surface area contributed by atoms with E-state index in [-0.39, 0.29) is 0 Å². The summed E-state index contributed by atoms with van der Waals surface area (Å²) in [5.74, 6) is 0. The molecule has 1 nitrogen and oxygen atoms in total. The Morgan fingerprint density at radius 3 is 1.74 bits per heavy atom. The molecule has 2 aromatic rings. The van der Waals surface area contributed by atoms with Gasteiger partial charge in [-0.2, -0.15) is 0 Å². The van der Waals surface area contributed by atoms with Crippen LogP contribution in [0.25, 0.3) is 0 Å². The maximum Gasteiger partial charge on any atom is 0.143 e. The van der Waals surface area contributed by atoms with Gasteiger partial charge < -0.3 is 4.57 Å². The SMILES string of the molecule is CCCP(=O)(c1cccc(C)c1)c1cccc(C)c1. The predicted octanol–water partition coefficient (Wildman–Crippen LogP) is 4.03. The lowest BCUT2D eigenvalue weighted by Gasteiger charge is -2.19. The second kappa shape index (κ2) is 5.75. The Morgan fingerprint density at radius 1 is 0.895 bits per heavy atom. The van der Waals surface area contributed by atoms with Crippen LogP contribution in [0.2, 0.25) is 0 Å². The largest absolute Gasteiger partial charge is 0.314 e.